The van der Waals surface area contributed by atoms with Crippen molar-refractivity contribution in [3.8, 4) is 5.75 Å². The van der Waals surface area contributed by atoms with Gasteiger partial charge < -0.3 is 15.0 Å². The second kappa shape index (κ2) is 8.06. The smallest absolute Gasteiger partial charge is 0.255 e. The van der Waals surface area contributed by atoms with Crippen molar-refractivity contribution in [3.05, 3.63) is 54.1 Å². The molecule has 25 heavy (non-hydrogen) atoms. The Bertz CT molecular complexity index is 704. The second-order valence-corrected chi connectivity index (χ2v) is 6.71. The monoisotopic (exact) mass is 338 g/mol. The number of carbonyl (C=O) groups is 1. The summed E-state index contributed by atoms with van der Waals surface area (Å²) in [5, 5.41) is 3.06. The molecule has 0 radical (unpaired) electrons. The van der Waals surface area contributed by atoms with Crippen molar-refractivity contribution in [2.24, 2.45) is 0 Å². The molecule has 0 aliphatic carbocycles. The van der Waals surface area contributed by atoms with Gasteiger partial charge in [-0.2, -0.15) is 0 Å². The zero-order valence-electron chi connectivity index (χ0n) is 15.0. The zero-order valence-corrected chi connectivity index (χ0v) is 15.0. The minimum absolute atomic E-state index is 0.0967. The normalized spacial score (nSPS) is 14.4. The number of ether oxygens (including phenoxy) is 1. The third kappa shape index (κ3) is 4.53. The Balaban J connectivity index is 1.72. The molecule has 1 fully saturated rings. The van der Waals surface area contributed by atoms with Crippen LogP contribution in [-0.4, -0.2) is 25.1 Å². The maximum atomic E-state index is 12.6. The fourth-order valence-corrected chi connectivity index (χ4v) is 3.14. The van der Waals surface area contributed by atoms with Gasteiger partial charge in [-0.3, -0.25) is 4.79 Å². The highest BCUT2D eigenvalue weighted by atomic mass is 16.5. The van der Waals surface area contributed by atoms with Gasteiger partial charge in [-0.25, -0.2) is 0 Å². The summed E-state index contributed by atoms with van der Waals surface area (Å²) in [6.07, 6.45) is 3.82. The number of piperidine rings is 1. The van der Waals surface area contributed by atoms with E-state index in [-0.39, 0.29) is 12.0 Å². The van der Waals surface area contributed by atoms with Gasteiger partial charge in [0.05, 0.1) is 17.5 Å². The molecular weight excluding hydrogens is 312 g/mol. The van der Waals surface area contributed by atoms with Crippen LogP contribution in [0, 0.1) is 0 Å². The van der Waals surface area contributed by atoms with Crippen molar-refractivity contribution in [1.82, 2.24) is 0 Å². The summed E-state index contributed by atoms with van der Waals surface area (Å²) in [5.74, 6) is 0.681. The predicted molar refractivity (Wildman–Crippen MR) is 103 cm³/mol. The molecule has 1 heterocycles. The van der Waals surface area contributed by atoms with E-state index >= 15 is 0 Å². The first-order valence-electron chi connectivity index (χ1n) is 9.05. The first-order chi connectivity index (χ1) is 12.1. The van der Waals surface area contributed by atoms with Gasteiger partial charge in [-0.15, -0.1) is 0 Å². The van der Waals surface area contributed by atoms with Gasteiger partial charge in [-0.05, 0) is 69.5 Å². The molecule has 4 heteroatoms. The molecule has 0 unspecified atom stereocenters. The lowest BCUT2D eigenvalue weighted by molar-refractivity contribution is 0.102. The largest absolute Gasteiger partial charge is 0.491 e. The van der Waals surface area contributed by atoms with Crippen LogP contribution in [0.25, 0.3) is 0 Å². The van der Waals surface area contributed by atoms with E-state index in [0.717, 1.165) is 30.2 Å². The Kier molecular flexibility index (Phi) is 5.59. The van der Waals surface area contributed by atoms with Crippen LogP contribution in [0.15, 0.2) is 48.5 Å². The number of benzene rings is 2. The second-order valence-electron chi connectivity index (χ2n) is 6.71. The van der Waals surface area contributed by atoms with Crippen molar-refractivity contribution in [1.29, 1.82) is 0 Å². The molecule has 0 atom stereocenters. The molecule has 3 rings (SSSR count). The molecule has 1 N–H and O–H groups in total. The Morgan fingerprint density at radius 2 is 1.68 bits per heavy atom. The maximum absolute atomic E-state index is 12.6. The molecule has 4 nitrogen and oxygen atoms in total. The van der Waals surface area contributed by atoms with E-state index in [1.807, 2.05) is 44.2 Å². The van der Waals surface area contributed by atoms with Gasteiger partial charge in [0.25, 0.3) is 5.91 Å². The van der Waals surface area contributed by atoms with Gasteiger partial charge in [0.15, 0.2) is 0 Å². The fourth-order valence-electron chi connectivity index (χ4n) is 3.14. The highest BCUT2D eigenvalue weighted by molar-refractivity contribution is 6.06. The summed E-state index contributed by atoms with van der Waals surface area (Å²) >= 11 is 0. The Morgan fingerprint density at radius 3 is 2.36 bits per heavy atom. The summed E-state index contributed by atoms with van der Waals surface area (Å²) < 4.78 is 5.63. The average molecular weight is 338 g/mol. The standard InChI is InChI=1S/C21H26N2O2/c1-16(2)25-18-12-10-17(11-13-18)21(24)22-19-8-4-5-9-20(19)23-14-6-3-7-15-23/h4-5,8-13,16H,3,6-7,14-15H2,1-2H3,(H,22,24). The molecule has 1 amide bonds. The van der Waals surface area contributed by atoms with E-state index in [4.69, 9.17) is 4.74 Å². The van der Waals surface area contributed by atoms with Crippen LogP contribution in [0.1, 0.15) is 43.5 Å². The maximum Gasteiger partial charge on any atom is 0.255 e. The Hall–Kier alpha value is -2.49. The molecular formula is C21H26N2O2. The number of carbonyl (C=O) groups excluding carboxylic acids is 1. The SMILES string of the molecule is CC(C)Oc1ccc(C(=O)Nc2ccccc2N2CCCCC2)cc1. The molecule has 0 bridgehead atoms. The van der Waals surface area contributed by atoms with Crippen LogP contribution in [0.4, 0.5) is 11.4 Å². The summed E-state index contributed by atoms with van der Waals surface area (Å²) in [4.78, 5) is 15.0. The minimum Gasteiger partial charge on any atom is -0.491 e. The van der Waals surface area contributed by atoms with Crippen LogP contribution in [0.2, 0.25) is 0 Å². The minimum atomic E-state index is -0.0967. The molecule has 1 saturated heterocycles. The molecule has 0 aromatic heterocycles. The van der Waals surface area contributed by atoms with Gasteiger partial charge >= 0.3 is 0 Å². The number of nitrogens with zero attached hydrogens (tertiary/aromatic N) is 1. The number of anilines is 2. The third-order valence-corrected chi connectivity index (χ3v) is 4.34. The molecule has 0 saturated carbocycles. The Morgan fingerprint density at radius 1 is 1.00 bits per heavy atom. The highest BCUT2D eigenvalue weighted by Gasteiger charge is 2.16. The molecule has 0 spiro atoms. The highest BCUT2D eigenvalue weighted by Crippen LogP contribution is 2.28. The zero-order chi connectivity index (χ0) is 17.6. The Labute approximate surface area is 149 Å². The number of nitrogens with one attached hydrogen (secondary N) is 1. The first-order valence-corrected chi connectivity index (χ1v) is 9.05. The molecule has 2 aromatic rings. The van der Waals surface area contributed by atoms with E-state index in [0.29, 0.717) is 5.56 Å². The molecule has 1 aliphatic heterocycles. The number of amides is 1. The molecule has 1 aliphatic rings. The van der Waals surface area contributed by atoms with E-state index in [9.17, 15) is 4.79 Å². The number of hydrogen-bond donors (Lipinski definition) is 1. The quantitative estimate of drug-likeness (QED) is 0.858. The average Bonchev–Trinajstić information content (AvgIpc) is 2.63. The number of para-hydroxylation sites is 2. The summed E-state index contributed by atoms with van der Waals surface area (Å²) in [5.41, 5.74) is 2.61. The van der Waals surface area contributed by atoms with E-state index in [2.05, 4.69) is 16.3 Å². The summed E-state index contributed by atoms with van der Waals surface area (Å²) in [6, 6.07) is 15.3. The van der Waals surface area contributed by atoms with Gasteiger partial charge in [0, 0.05) is 18.7 Å². The van der Waals surface area contributed by atoms with Crippen LogP contribution in [0.5, 0.6) is 5.75 Å². The van der Waals surface area contributed by atoms with Crippen LogP contribution >= 0.6 is 0 Å². The van der Waals surface area contributed by atoms with Crippen LogP contribution < -0.4 is 15.0 Å². The predicted octanol–water partition coefficient (Wildman–Crippen LogP) is 4.72. The van der Waals surface area contributed by atoms with Crippen LogP contribution in [-0.2, 0) is 0 Å². The lowest BCUT2D eigenvalue weighted by Gasteiger charge is -2.30. The number of rotatable bonds is 5. The summed E-state index contributed by atoms with van der Waals surface area (Å²) in [6.45, 7) is 6.07. The fraction of sp³-hybridized carbons (Fsp3) is 0.381. The van der Waals surface area contributed by atoms with E-state index in [1.165, 1.54) is 19.3 Å². The van der Waals surface area contributed by atoms with Gasteiger partial charge in [0.1, 0.15) is 5.75 Å². The van der Waals surface area contributed by atoms with Crippen molar-refractivity contribution < 1.29 is 9.53 Å². The van der Waals surface area contributed by atoms with Crippen molar-refractivity contribution >= 4 is 17.3 Å². The summed E-state index contributed by atoms with van der Waals surface area (Å²) in [7, 11) is 0. The first kappa shape index (κ1) is 17.3. The van der Waals surface area contributed by atoms with Gasteiger partial charge in [0.2, 0.25) is 0 Å². The van der Waals surface area contributed by atoms with Crippen molar-refractivity contribution in [2.75, 3.05) is 23.3 Å². The molecule has 2 aromatic carbocycles. The lowest BCUT2D eigenvalue weighted by atomic mass is 10.1. The molecule has 132 valence electrons. The topological polar surface area (TPSA) is 41.6 Å². The van der Waals surface area contributed by atoms with Crippen molar-refractivity contribution in [2.45, 2.75) is 39.2 Å². The number of hydrogen-bond acceptors (Lipinski definition) is 3. The lowest BCUT2D eigenvalue weighted by Crippen LogP contribution is -2.30. The van der Waals surface area contributed by atoms with E-state index < -0.39 is 0 Å². The van der Waals surface area contributed by atoms with Gasteiger partial charge in [-0.1, -0.05) is 12.1 Å². The van der Waals surface area contributed by atoms with Crippen molar-refractivity contribution in [3.63, 3.8) is 0 Å². The van der Waals surface area contributed by atoms with E-state index in [1.54, 1.807) is 12.1 Å². The third-order valence-electron chi connectivity index (χ3n) is 4.34. The van der Waals surface area contributed by atoms with Crippen LogP contribution in [0.3, 0.4) is 0 Å².